The van der Waals surface area contributed by atoms with Gasteiger partial charge in [-0.25, -0.2) is 0 Å². The lowest BCUT2D eigenvalue weighted by Gasteiger charge is -2.33. The number of nitrogens with zero attached hydrogens (tertiary/aromatic N) is 1. The van der Waals surface area contributed by atoms with E-state index < -0.39 is 0 Å². The Bertz CT molecular complexity index is 357. The van der Waals surface area contributed by atoms with Crippen molar-refractivity contribution in [2.75, 3.05) is 18.8 Å². The summed E-state index contributed by atoms with van der Waals surface area (Å²) in [5, 5.41) is 7.23. The van der Waals surface area contributed by atoms with Crippen LogP contribution in [0.25, 0.3) is 0 Å². The van der Waals surface area contributed by atoms with Crippen LogP contribution in [0.5, 0.6) is 0 Å². The van der Waals surface area contributed by atoms with E-state index in [0.29, 0.717) is 18.4 Å². The molecule has 0 atom stereocenters. The van der Waals surface area contributed by atoms with Crippen molar-refractivity contribution in [1.29, 1.82) is 0 Å². The fraction of sp³-hybridized carbons (Fsp3) is 0.867. The standard InChI is InChI=1S/C15H29N3OS/c1-6-15(7-2)10-17-13(20-11-15)16-9-8-12(19)18-14(3,4)5/h6-11H2,1-5H3,(H,16,17)(H,18,19). The molecule has 0 aliphatic carbocycles. The van der Waals surface area contributed by atoms with Gasteiger partial charge in [0.25, 0.3) is 0 Å². The second-order valence-electron chi connectivity index (χ2n) is 6.59. The molecule has 4 nitrogen and oxygen atoms in total. The summed E-state index contributed by atoms with van der Waals surface area (Å²) < 4.78 is 0. The van der Waals surface area contributed by atoms with Crippen LogP contribution >= 0.6 is 11.8 Å². The van der Waals surface area contributed by atoms with Crippen LogP contribution in [0.1, 0.15) is 53.9 Å². The van der Waals surface area contributed by atoms with Gasteiger partial charge in [0, 0.05) is 30.8 Å². The number of aliphatic imine (C=N–C) groups is 1. The zero-order valence-electron chi connectivity index (χ0n) is 13.5. The Balaban J connectivity index is 2.31. The van der Waals surface area contributed by atoms with Crippen molar-refractivity contribution in [3.63, 3.8) is 0 Å². The molecule has 1 heterocycles. The molecule has 1 amide bonds. The van der Waals surface area contributed by atoms with Crippen molar-refractivity contribution in [3.05, 3.63) is 0 Å². The number of nitrogens with one attached hydrogen (secondary N) is 2. The molecule has 1 rings (SSSR count). The zero-order chi connectivity index (χ0) is 15.2. The number of thioether (sulfide) groups is 1. The van der Waals surface area contributed by atoms with Crippen LogP contribution in [-0.2, 0) is 4.79 Å². The highest BCUT2D eigenvalue weighted by molar-refractivity contribution is 8.13. The Labute approximate surface area is 127 Å². The third-order valence-corrected chi connectivity index (χ3v) is 5.02. The van der Waals surface area contributed by atoms with Gasteiger partial charge in [0.1, 0.15) is 0 Å². The topological polar surface area (TPSA) is 53.5 Å². The minimum Gasteiger partial charge on any atom is -0.364 e. The minimum absolute atomic E-state index is 0.0860. The summed E-state index contributed by atoms with van der Waals surface area (Å²) in [6.45, 7) is 12.0. The molecule has 0 aromatic heterocycles. The molecule has 20 heavy (non-hydrogen) atoms. The maximum absolute atomic E-state index is 11.7. The minimum atomic E-state index is -0.157. The first-order valence-electron chi connectivity index (χ1n) is 7.52. The Hall–Kier alpha value is -0.710. The van der Waals surface area contributed by atoms with Crippen molar-refractivity contribution in [2.45, 2.75) is 59.4 Å². The second kappa shape index (κ2) is 7.34. The first kappa shape index (κ1) is 17.3. The van der Waals surface area contributed by atoms with Gasteiger partial charge in [0.2, 0.25) is 5.91 Å². The van der Waals surface area contributed by atoms with Crippen LogP contribution < -0.4 is 10.6 Å². The molecule has 0 aromatic carbocycles. The van der Waals surface area contributed by atoms with Crippen LogP contribution in [0.3, 0.4) is 0 Å². The van der Waals surface area contributed by atoms with Gasteiger partial charge in [-0.1, -0.05) is 25.6 Å². The van der Waals surface area contributed by atoms with Gasteiger partial charge in [-0.2, -0.15) is 0 Å². The predicted octanol–water partition coefficient (Wildman–Crippen LogP) is 2.79. The summed E-state index contributed by atoms with van der Waals surface area (Å²) in [6, 6.07) is 0. The number of amidine groups is 1. The third kappa shape index (κ3) is 5.73. The highest BCUT2D eigenvalue weighted by Gasteiger charge is 2.29. The van der Waals surface area contributed by atoms with Gasteiger partial charge in [0.05, 0.1) is 0 Å². The summed E-state index contributed by atoms with van der Waals surface area (Å²) >= 11 is 1.79. The fourth-order valence-corrected chi connectivity index (χ4v) is 3.40. The van der Waals surface area contributed by atoms with Crippen molar-refractivity contribution >= 4 is 22.8 Å². The molecule has 1 aliphatic heterocycles. The van der Waals surface area contributed by atoms with E-state index in [-0.39, 0.29) is 11.4 Å². The lowest BCUT2D eigenvalue weighted by atomic mass is 9.84. The molecular weight excluding hydrogens is 270 g/mol. The average Bonchev–Trinajstić information content (AvgIpc) is 2.38. The fourth-order valence-electron chi connectivity index (χ4n) is 2.10. The largest absolute Gasteiger partial charge is 0.364 e. The molecular formula is C15H29N3OS. The molecule has 0 fully saturated rings. The number of rotatable bonds is 5. The zero-order valence-corrected chi connectivity index (χ0v) is 14.3. The molecule has 0 unspecified atom stereocenters. The van der Waals surface area contributed by atoms with Gasteiger partial charge in [-0.3, -0.25) is 9.79 Å². The second-order valence-corrected chi connectivity index (χ2v) is 7.56. The maximum Gasteiger partial charge on any atom is 0.222 e. The van der Waals surface area contributed by atoms with E-state index in [4.69, 9.17) is 0 Å². The molecule has 0 saturated heterocycles. The lowest BCUT2D eigenvalue weighted by Crippen LogP contribution is -2.42. The van der Waals surface area contributed by atoms with Crippen LogP contribution in [0, 0.1) is 5.41 Å². The van der Waals surface area contributed by atoms with E-state index in [9.17, 15) is 4.79 Å². The monoisotopic (exact) mass is 299 g/mol. The lowest BCUT2D eigenvalue weighted by molar-refractivity contribution is -0.122. The number of hydrogen-bond donors (Lipinski definition) is 2. The summed E-state index contributed by atoms with van der Waals surface area (Å²) in [5.74, 6) is 1.21. The Morgan fingerprint density at radius 1 is 1.35 bits per heavy atom. The summed E-state index contributed by atoms with van der Waals surface area (Å²) in [5.41, 5.74) is 0.218. The van der Waals surface area contributed by atoms with Gasteiger partial charge in [-0.05, 0) is 39.0 Å². The van der Waals surface area contributed by atoms with E-state index in [1.54, 1.807) is 11.8 Å². The van der Waals surface area contributed by atoms with E-state index in [0.717, 1.165) is 17.5 Å². The normalized spacial score (nSPS) is 18.4. The van der Waals surface area contributed by atoms with E-state index in [1.165, 1.54) is 12.8 Å². The van der Waals surface area contributed by atoms with E-state index in [1.807, 2.05) is 20.8 Å². The Morgan fingerprint density at radius 2 is 2.00 bits per heavy atom. The number of hydrogen-bond acceptors (Lipinski definition) is 4. The Morgan fingerprint density at radius 3 is 2.45 bits per heavy atom. The third-order valence-electron chi connectivity index (χ3n) is 3.72. The summed E-state index contributed by atoms with van der Waals surface area (Å²) in [6.07, 6.45) is 2.85. The van der Waals surface area contributed by atoms with Crippen molar-refractivity contribution in [1.82, 2.24) is 10.6 Å². The van der Waals surface area contributed by atoms with Crippen molar-refractivity contribution < 1.29 is 4.79 Å². The predicted molar refractivity (Wildman–Crippen MR) is 88.3 cm³/mol. The maximum atomic E-state index is 11.7. The molecule has 0 bridgehead atoms. The van der Waals surface area contributed by atoms with Gasteiger partial charge in [0.15, 0.2) is 5.17 Å². The van der Waals surface area contributed by atoms with Crippen molar-refractivity contribution in [3.8, 4) is 0 Å². The van der Waals surface area contributed by atoms with Gasteiger partial charge in [-0.15, -0.1) is 0 Å². The van der Waals surface area contributed by atoms with Crippen LogP contribution in [0.2, 0.25) is 0 Å². The molecule has 0 spiro atoms. The Kier molecular flexibility index (Phi) is 6.37. The van der Waals surface area contributed by atoms with Gasteiger partial charge >= 0.3 is 0 Å². The summed E-state index contributed by atoms with van der Waals surface area (Å²) in [4.78, 5) is 16.3. The number of carbonyl (C=O) groups excluding carboxylic acids is 1. The molecule has 1 aliphatic rings. The van der Waals surface area contributed by atoms with Crippen molar-refractivity contribution in [2.24, 2.45) is 10.4 Å². The molecule has 2 N–H and O–H groups in total. The van der Waals surface area contributed by atoms with Crippen LogP contribution in [-0.4, -0.2) is 35.5 Å². The highest BCUT2D eigenvalue weighted by Crippen LogP contribution is 2.34. The van der Waals surface area contributed by atoms with Crippen LogP contribution in [0.4, 0.5) is 0 Å². The molecule has 0 aromatic rings. The smallest absolute Gasteiger partial charge is 0.222 e. The first-order chi connectivity index (χ1) is 9.30. The average molecular weight is 299 g/mol. The molecule has 0 saturated carbocycles. The molecule has 0 radical (unpaired) electrons. The summed E-state index contributed by atoms with van der Waals surface area (Å²) in [7, 11) is 0. The van der Waals surface area contributed by atoms with Gasteiger partial charge < -0.3 is 10.6 Å². The molecule has 5 heteroatoms. The number of carbonyl (C=O) groups is 1. The SMILES string of the molecule is CCC1(CC)CN=C(NCCC(=O)NC(C)(C)C)SC1. The van der Waals surface area contributed by atoms with Crippen LogP contribution in [0.15, 0.2) is 4.99 Å². The molecule has 116 valence electrons. The van der Waals surface area contributed by atoms with E-state index in [2.05, 4.69) is 29.5 Å². The quantitative estimate of drug-likeness (QED) is 0.821. The number of amides is 1. The highest BCUT2D eigenvalue weighted by atomic mass is 32.2. The van der Waals surface area contributed by atoms with E-state index >= 15 is 0 Å². The first-order valence-corrected chi connectivity index (χ1v) is 8.51.